The lowest BCUT2D eigenvalue weighted by Crippen LogP contribution is -2.41. The molecule has 1 N–H and O–H groups in total. The normalized spacial score (nSPS) is 11.8. The Balaban J connectivity index is 2.43. The predicted octanol–water partition coefficient (Wildman–Crippen LogP) is 1.87. The second-order valence-electron chi connectivity index (χ2n) is 4.82. The summed E-state index contributed by atoms with van der Waals surface area (Å²) >= 11 is 0. The van der Waals surface area contributed by atoms with Gasteiger partial charge in [-0.25, -0.2) is 4.79 Å². The van der Waals surface area contributed by atoms with Crippen LogP contribution in [0.1, 0.15) is 32.3 Å². The Morgan fingerprint density at radius 1 is 1.15 bits per heavy atom. The Bertz CT molecular complexity index is 453. The van der Waals surface area contributed by atoms with Gasteiger partial charge in [0.1, 0.15) is 11.8 Å². The van der Waals surface area contributed by atoms with E-state index in [9.17, 15) is 9.59 Å². The van der Waals surface area contributed by atoms with E-state index in [0.717, 1.165) is 0 Å². The summed E-state index contributed by atoms with van der Waals surface area (Å²) in [5.41, 5.74) is 1.21. The molecule has 0 fully saturated rings. The zero-order valence-corrected chi connectivity index (χ0v) is 12.3. The number of benzene rings is 1. The number of esters is 1. The number of amides is 1. The van der Waals surface area contributed by atoms with Crippen LogP contribution in [0, 0.1) is 0 Å². The third-order valence-corrected chi connectivity index (χ3v) is 2.85. The number of hydrogen-bond acceptors (Lipinski definition) is 4. The van der Waals surface area contributed by atoms with Gasteiger partial charge >= 0.3 is 5.97 Å². The van der Waals surface area contributed by atoms with Gasteiger partial charge in [-0.1, -0.05) is 26.0 Å². The molecule has 5 nitrogen and oxygen atoms in total. The molecule has 0 saturated carbocycles. The Hall–Kier alpha value is -2.04. The van der Waals surface area contributed by atoms with E-state index < -0.39 is 12.0 Å². The van der Waals surface area contributed by atoms with Crippen molar-refractivity contribution in [3.63, 3.8) is 0 Å². The van der Waals surface area contributed by atoms with E-state index in [0.29, 0.717) is 11.7 Å². The number of ether oxygens (including phenoxy) is 2. The zero-order valence-electron chi connectivity index (χ0n) is 12.3. The summed E-state index contributed by atoms with van der Waals surface area (Å²) in [5.74, 6) is 0.221. The first-order valence-electron chi connectivity index (χ1n) is 6.54. The van der Waals surface area contributed by atoms with E-state index in [4.69, 9.17) is 4.74 Å². The Morgan fingerprint density at radius 2 is 1.75 bits per heavy atom. The Kier molecular flexibility index (Phi) is 6.03. The fourth-order valence-electron chi connectivity index (χ4n) is 1.62. The Labute approximate surface area is 119 Å². The number of carbonyl (C=O) groups excluding carboxylic acids is 2. The standard InChI is InChI=1S/C15H21NO4/c1-10(2)12-5-7-13(8-6-12)20-9-14(17)16-11(3)15(18)19-4/h5-8,10-11H,9H2,1-4H3,(H,16,17). The maximum atomic E-state index is 11.6. The smallest absolute Gasteiger partial charge is 0.328 e. The molecule has 5 heteroatoms. The third kappa shape index (κ3) is 4.91. The van der Waals surface area contributed by atoms with Gasteiger partial charge in [-0.05, 0) is 30.5 Å². The second-order valence-corrected chi connectivity index (χ2v) is 4.82. The van der Waals surface area contributed by atoms with E-state index in [1.165, 1.54) is 12.7 Å². The van der Waals surface area contributed by atoms with Crippen LogP contribution in [-0.4, -0.2) is 31.6 Å². The summed E-state index contributed by atoms with van der Waals surface area (Å²) in [6.45, 7) is 5.64. The molecule has 0 aliphatic carbocycles. The first-order valence-corrected chi connectivity index (χ1v) is 6.54. The number of methoxy groups -OCH3 is 1. The van der Waals surface area contributed by atoms with E-state index in [1.54, 1.807) is 6.92 Å². The van der Waals surface area contributed by atoms with Crippen molar-refractivity contribution in [1.82, 2.24) is 5.32 Å². The molecule has 20 heavy (non-hydrogen) atoms. The van der Waals surface area contributed by atoms with Gasteiger partial charge < -0.3 is 14.8 Å². The van der Waals surface area contributed by atoms with Gasteiger partial charge in [-0.3, -0.25) is 4.79 Å². The van der Waals surface area contributed by atoms with Crippen molar-refractivity contribution >= 4 is 11.9 Å². The Morgan fingerprint density at radius 3 is 2.25 bits per heavy atom. The molecule has 1 amide bonds. The minimum absolute atomic E-state index is 0.137. The summed E-state index contributed by atoms with van der Waals surface area (Å²) in [5, 5.41) is 2.49. The molecule has 1 atom stereocenters. The fraction of sp³-hybridized carbons (Fsp3) is 0.467. The minimum atomic E-state index is -0.681. The number of rotatable bonds is 6. The summed E-state index contributed by atoms with van der Waals surface area (Å²) in [6.07, 6.45) is 0. The quantitative estimate of drug-likeness (QED) is 0.807. The highest BCUT2D eigenvalue weighted by molar-refractivity contribution is 5.84. The highest BCUT2D eigenvalue weighted by Crippen LogP contribution is 2.18. The van der Waals surface area contributed by atoms with Crippen molar-refractivity contribution in [3.8, 4) is 5.75 Å². The monoisotopic (exact) mass is 279 g/mol. The van der Waals surface area contributed by atoms with Gasteiger partial charge in [-0.2, -0.15) is 0 Å². The summed E-state index contributed by atoms with van der Waals surface area (Å²) in [7, 11) is 1.28. The van der Waals surface area contributed by atoms with Gasteiger partial charge in [0.2, 0.25) is 0 Å². The van der Waals surface area contributed by atoms with Crippen LogP contribution in [0.2, 0.25) is 0 Å². The average molecular weight is 279 g/mol. The molecule has 1 rings (SSSR count). The van der Waals surface area contributed by atoms with Crippen LogP contribution in [0.4, 0.5) is 0 Å². The first kappa shape index (κ1) is 16.0. The molecule has 1 aromatic rings. The van der Waals surface area contributed by atoms with Crippen molar-refractivity contribution in [2.75, 3.05) is 13.7 Å². The maximum Gasteiger partial charge on any atom is 0.328 e. The van der Waals surface area contributed by atoms with Gasteiger partial charge in [-0.15, -0.1) is 0 Å². The lowest BCUT2D eigenvalue weighted by atomic mass is 10.0. The highest BCUT2D eigenvalue weighted by atomic mass is 16.5. The van der Waals surface area contributed by atoms with Crippen LogP contribution < -0.4 is 10.1 Å². The van der Waals surface area contributed by atoms with Gasteiger partial charge in [0.15, 0.2) is 6.61 Å². The molecule has 0 saturated heterocycles. The minimum Gasteiger partial charge on any atom is -0.484 e. The van der Waals surface area contributed by atoms with Crippen molar-refractivity contribution < 1.29 is 19.1 Å². The van der Waals surface area contributed by atoms with Crippen LogP contribution in [0.15, 0.2) is 24.3 Å². The molecular weight excluding hydrogens is 258 g/mol. The first-order chi connectivity index (χ1) is 9.43. The molecule has 0 bridgehead atoms. The average Bonchev–Trinajstić information content (AvgIpc) is 2.44. The van der Waals surface area contributed by atoms with Crippen LogP contribution in [-0.2, 0) is 14.3 Å². The molecule has 0 aliphatic heterocycles. The predicted molar refractivity (Wildman–Crippen MR) is 75.6 cm³/mol. The van der Waals surface area contributed by atoms with Crippen molar-refractivity contribution in [3.05, 3.63) is 29.8 Å². The van der Waals surface area contributed by atoms with Crippen LogP contribution in [0.25, 0.3) is 0 Å². The summed E-state index contributed by atoms with van der Waals surface area (Å²) in [4.78, 5) is 22.7. The number of nitrogens with one attached hydrogen (secondary N) is 1. The lowest BCUT2D eigenvalue weighted by Gasteiger charge is -2.12. The molecule has 110 valence electrons. The van der Waals surface area contributed by atoms with E-state index >= 15 is 0 Å². The van der Waals surface area contributed by atoms with Crippen LogP contribution >= 0.6 is 0 Å². The fourth-order valence-corrected chi connectivity index (χ4v) is 1.62. The molecule has 1 aromatic carbocycles. The molecule has 0 heterocycles. The van der Waals surface area contributed by atoms with Crippen LogP contribution in [0.3, 0.4) is 0 Å². The van der Waals surface area contributed by atoms with E-state index in [2.05, 4.69) is 23.9 Å². The molecule has 1 unspecified atom stereocenters. The highest BCUT2D eigenvalue weighted by Gasteiger charge is 2.15. The van der Waals surface area contributed by atoms with Gasteiger partial charge in [0.25, 0.3) is 5.91 Å². The topological polar surface area (TPSA) is 64.6 Å². The SMILES string of the molecule is COC(=O)C(C)NC(=O)COc1ccc(C(C)C)cc1. The van der Waals surface area contributed by atoms with Crippen molar-refractivity contribution in [2.45, 2.75) is 32.7 Å². The van der Waals surface area contributed by atoms with Gasteiger partial charge in [0, 0.05) is 0 Å². The number of carbonyl (C=O) groups is 2. The summed E-state index contributed by atoms with van der Waals surface area (Å²) in [6, 6.07) is 6.90. The molecule has 0 aromatic heterocycles. The molecule has 0 radical (unpaired) electrons. The number of hydrogen-bond donors (Lipinski definition) is 1. The zero-order chi connectivity index (χ0) is 15.1. The lowest BCUT2D eigenvalue weighted by molar-refractivity contribution is -0.144. The molecule has 0 aliphatic rings. The second kappa shape index (κ2) is 7.53. The summed E-state index contributed by atoms with van der Waals surface area (Å²) < 4.78 is 9.87. The van der Waals surface area contributed by atoms with Crippen molar-refractivity contribution in [2.24, 2.45) is 0 Å². The maximum absolute atomic E-state index is 11.6. The van der Waals surface area contributed by atoms with Crippen molar-refractivity contribution in [1.29, 1.82) is 0 Å². The molecule has 0 spiro atoms. The largest absolute Gasteiger partial charge is 0.484 e. The van der Waals surface area contributed by atoms with E-state index in [-0.39, 0.29) is 12.5 Å². The van der Waals surface area contributed by atoms with E-state index in [1.807, 2.05) is 24.3 Å². The van der Waals surface area contributed by atoms with Gasteiger partial charge in [0.05, 0.1) is 7.11 Å². The molecular formula is C15H21NO4. The van der Waals surface area contributed by atoms with Crippen LogP contribution in [0.5, 0.6) is 5.75 Å². The third-order valence-electron chi connectivity index (χ3n) is 2.85.